The summed E-state index contributed by atoms with van der Waals surface area (Å²) in [7, 11) is 0. The van der Waals surface area contributed by atoms with Gasteiger partial charge in [0.1, 0.15) is 0 Å². The van der Waals surface area contributed by atoms with Gasteiger partial charge >= 0.3 is 0 Å². The maximum absolute atomic E-state index is 2.83. The molecule has 3 aliphatic rings. The van der Waals surface area contributed by atoms with E-state index < -0.39 is 0 Å². The van der Waals surface area contributed by atoms with Gasteiger partial charge in [0, 0.05) is 44.8 Å². The SMILES string of the molecule is c1ccc(CN2CCC(N3CCN(C4CCCCCC4)CC3)CC2)cc1. The first-order valence-electron chi connectivity index (χ1n) is 11.1. The second-order valence-corrected chi connectivity index (χ2v) is 8.71. The summed E-state index contributed by atoms with van der Waals surface area (Å²) in [6.07, 6.45) is 11.5. The first-order valence-corrected chi connectivity index (χ1v) is 11.1. The molecule has 3 heteroatoms. The summed E-state index contributed by atoms with van der Waals surface area (Å²) < 4.78 is 0. The van der Waals surface area contributed by atoms with Crippen molar-refractivity contribution < 1.29 is 0 Å². The molecular weight excluding hydrogens is 318 g/mol. The quantitative estimate of drug-likeness (QED) is 0.756. The zero-order valence-electron chi connectivity index (χ0n) is 16.5. The molecule has 2 aliphatic heterocycles. The molecule has 0 spiro atoms. The van der Waals surface area contributed by atoms with Crippen LogP contribution in [0, 0.1) is 0 Å². The first-order chi connectivity index (χ1) is 12.9. The third-order valence-corrected chi connectivity index (χ3v) is 7.01. The highest BCUT2D eigenvalue weighted by Gasteiger charge is 2.29. The maximum Gasteiger partial charge on any atom is 0.0233 e. The largest absolute Gasteiger partial charge is 0.299 e. The maximum atomic E-state index is 2.83. The molecule has 0 unspecified atom stereocenters. The van der Waals surface area contributed by atoms with E-state index in [4.69, 9.17) is 0 Å². The Labute approximate surface area is 160 Å². The summed E-state index contributed by atoms with van der Waals surface area (Å²) in [5.74, 6) is 0. The average Bonchev–Trinajstić information content (AvgIpc) is 2.99. The minimum absolute atomic E-state index is 0.832. The van der Waals surface area contributed by atoms with Gasteiger partial charge in [-0.3, -0.25) is 14.7 Å². The van der Waals surface area contributed by atoms with Crippen LogP contribution in [-0.2, 0) is 6.54 Å². The van der Waals surface area contributed by atoms with Crippen LogP contribution in [0.4, 0.5) is 0 Å². The molecule has 0 aromatic heterocycles. The zero-order chi connectivity index (χ0) is 17.6. The van der Waals surface area contributed by atoms with E-state index in [0.29, 0.717) is 0 Å². The van der Waals surface area contributed by atoms with Gasteiger partial charge < -0.3 is 0 Å². The van der Waals surface area contributed by atoms with Crippen LogP contribution < -0.4 is 0 Å². The summed E-state index contributed by atoms with van der Waals surface area (Å²) in [5, 5.41) is 0. The molecule has 0 radical (unpaired) electrons. The first kappa shape index (κ1) is 18.5. The predicted molar refractivity (Wildman–Crippen MR) is 109 cm³/mol. The second kappa shape index (κ2) is 9.34. The molecule has 0 N–H and O–H groups in total. The smallest absolute Gasteiger partial charge is 0.0233 e. The van der Waals surface area contributed by atoms with Crippen LogP contribution in [0.25, 0.3) is 0 Å². The molecule has 1 aromatic rings. The number of likely N-dealkylation sites (tertiary alicyclic amines) is 1. The van der Waals surface area contributed by atoms with E-state index in [9.17, 15) is 0 Å². The Kier molecular flexibility index (Phi) is 6.63. The lowest BCUT2D eigenvalue weighted by Gasteiger charge is -2.44. The van der Waals surface area contributed by atoms with Crippen molar-refractivity contribution in [1.29, 1.82) is 0 Å². The molecule has 2 heterocycles. The van der Waals surface area contributed by atoms with Crippen molar-refractivity contribution in [3.05, 3.63) is 35.9 Å². The van der Waals surface area contributed by atoms with Crippen molar-refractivity contribution in [3.8, 4) is 0 Å². The van der Waals surface area contributed by atoms with Gasteiger partial charge in [-0.05, 0) is 44.3 Å². The average molecular weight is 356 g/mol. The molecular formula is C23H37N3. The number of piperazine rings is 1. The topological polar surface area (TPSA) is 9.72 Å². The number of hydrogen-bond acceptors (Lipinski definition) is 3. The molecule has 2 saturated heterocycles. The Morgan fingerprint density at radius 2 is 1.15 bits per heavy atom. The summed E-state index contributed by atoms with van der Waals surface area (Å²) >= 11 is 0. The molecule has 1 saturated carbocycles. The fraction of sp³-hybridized carbons (Fsp3) is 0.739. The second-order valence-electron chi connectivity index (χ2n) is 8.71. The van der Waals surface area contributed by atoms with E-state index in [2.05, 4.69) is 45.0 Å². The monoisotopic (exact) mass is 355 g/mol. The van der Waals surface area contributed by atoms with Gasteiger partial charge in [-0.1, -0.05) is 56.0 Å². The Bertz CT molecular complexity index is 508. The standard InChI is InChI=1S/C23H37N3/c1-2-7-11-22(10-6-1)25-16-18-26(19-17-25)23-12-14-24(15-13-23)20-21-8-4-3-5-9-21/h3-5,8-9,22-23H,1-2,6-7,10-20H2. The fourth-order valence-corrected chi connectivity index (χ4v) is 5.37. The van der Waals surface area contributed by atoms with Crippen molar-refractivity contribution in [2.24, 2.45) is 0 Å². The van der Waals surface area contributed by atoms with Crippen LogP contribution in [0.2, 0.25) is 0 Å². The molecule has 26 heavy (non-hydrogen) atoms. The molecule has 1 aliphatic carbocycles. The van der Waals surface area contributed by atoms with Crippen LogP contribution in [-0.4, -0.2) is 66.1 Å². The van der Waals surface area contributed by atoms with E-state index >= 15 is 0 Å². The van der Waals surface area contributed by atoms with Crippen LogP contribution in [0.15, 0.2) is 30.3 Å². The van der Waals surface area contributed by atoms with E-state index in [1.54, 1.807) is 0 Å². The van der Waals surface area contributed by atoms with Crippen LogP contribution in [0.5, 0.6) is 0 Å². The zero-order valence-corrected chi connectivity index (χ0v) is 16.5. The number of nitrogens with zero attached hydrogens (tertiary/aromatic N) is 3. The Hall–Kier alpha value is -0.900. The van der Waals surface area contributed by atoms with E-state index in [1.807, 2.05) is 0 Å². The third-order valence-electron chi connectivity index (χ3n) is 7.01. The van der Waals surface area contributed by atoms with E-state index in [-0.39, 0.29) is 0 Å². The van der Waals surface area contributed by atoms with Gasteiger partial charge in [-0.25, -0.2) is 0 Å². The van der Waals surface area contributed by atoms with Crippen molar-refractivity contribution in [2.75, 3.05) is 39.3 Å². The van der Waals surface area contributed by atoms with Gasteiger partial charge in [0.05, 0.1) is 0 Å². The Balaban J connectivity index is 1.20. The highest BCUT2D eigenvalue weighted by molar-refractivity contribution is 5.14. The molecule has 3 nitrogen and oxygen atoms in total. The summed E-state index contributed by atoms with van der Waals surface area (Å²) in [5.41, 5.74) is 1.46. The summed E-state index contributed by atoms with van der Waals surface area (Å²) in [6.45, 7) is 8.90. The Morgan fingerprint density at radius 1 is 0.615 bits per heavy atom. The lowest BCUT2D eigenvalue weighted by molar-refractivity contribution is 0.0383. The molecule has 4 rings (SSSR count). The number of rotatable bonds is 4. The number of benzene rings is 1. The Morgan fingerprint density at radius 3 is 1.73 bits per heavy atom. The van der Waals surface area contributed by atoms with E-state index in [1.165, 1.54) is 96.2 Å². The van der Waals surface area contributed by atoms with Gasteiger partial charge in [-0.2, -0.15) is 0 Å². The number of hydrogen-bond donors (Lipinski definition) is 0. The molecule has 0 amide bonds. The highest BCUT2D eigenvalue weighted by atomic mass is 15.3. The van der Waals surface area contributed by atoms with Crippen LogP contribution in [0.3, 0.4) is 0 Å². The predicted octanol–water partition coefficient (Wildman–Crippen LogP) is 3.99. The fourth-order valence-electron chi connectivity index (χ4n) is 5.37. The number of piperidine rings is 1. The van der Waals surface area contributed by atoms with Crippen molar-refractivity contribution in [1.82, 2.24) is 14.7 Å². The van der Waals surface area contributed by atoms with Crippen molar-refractivity contribution >= 4 is 0 Å². The lowest BCUT2D eigenvalue weighted by Crippen LogP contribution is -2.55. The summed E-state index contributed by atoms with van der Waals surface area (Å²) in [4.78, 5) is 8.28. The molecule has 3 fully saturated rings. The minimum atomic E-state index is 0.832. The van der Waals surface area contributed by atoms with Gasteiger partial charge in [0.25, 0.3) is 0 Å². The van der Waals surface area contributed by atoms with Crippen LogP contribution >= 0.6 is 0 Å². The van der Waals surface area contributed by atoms with Crippen molar-refractivity contribution in [3.63, 3.8) is 0 Å². The van der Waals surface area contributed by atoms with E-state index in [0.717, 1.165) is 18.6 Å². The molecule has 0 atom stereocenters. The summed E-state index contributed by atoms with van der Waals surface area (Å²) in [6, 6.07) is 12.7. The normalized spacial score (nSPS) is 26.0. The highest BCUT2D eigenvalue weighted by Crippen LogP contribution is 2.25. The minimum Gasteiger partial charge on any atom is -0.299 e. The lowest BCUT2D eigenvalue weighted by atomic mass is 10.0. The molecule has 144 valence electrons. The van der Waals surface area contributed by atoms with Gasteiger partial charge in [0.15, 0.2) is 0 Å². The molecule has 1 aromatic carbocycles. The van der Waals surface area contributed by atoms with Gasteiger partial charge in [0.2, 0.25) is 0 Å². The molecule has 0 bridgehead atoms. The third kappa shape index (κ3) is 4.88. The van der Waals surface area contributed by atoms with Gasteiger partial charge in [-0.15, -0.1) is 0 Å². The van der Waals surface area contributed by atoms with Crippen LogP contribution in [0.1, 0.15) is 56.9 Å². The van der Waals surface area contributed by atoms with Crippen molar-refractivity contribution in [2.45, 2.75) is 70.0 Å².